The second-order valence-corrected chi connectivity index (χ2v) is 10.7. The van der Waals surface area contributed by atoms with E-state index in [-0.39, 0.29) is 4.90 Å². The van der Waals surface area contributed by atoms with Gasteiger partial charge in [0.25, 0.3) is 10.0 Å². The largest absolute Gasteiger partial charge is 0.492 e. The third kappa shape index (κ3) is 5.65. The molecule has 0 spiro atoms. The van der Waals surface area contributed by atoms with Crippen LogP contribution in [0.4, 0.5) is 11.5 Å². The molecular weight excluding hydrogens is 504 g/mol. The Hall–Kier alpha value is -2.65. The fraction of sp³-hybridized carbons (Fsp3) is 0.333. The fourth-order valence-corrected chi connectivity index (χ4v) is 5.51. The van der Waals surface area contributed by atoms with Gasteiger partial charge in [-0.3, -0.25) is 4.72 Å². The monoisotopic (exact) mass is 530 g/mol. The molecular formula is C24H27BrN4O3S. The molecule has 0 saturated carbocycles. The molecule has 1 saturated heterocycles. The van der Waals surface area contributed by atoms with E-state index in [0.717, 1.165) is 36.1 Å². The van der Waals surface area contributed by atoms with Gasteiger partial charge in [0.1, 0.15) is 10.6 Å². The van der Waals surface area contributed by atoms with Crippen LogP contribution in [0.5, 0.6) is 5.75 Å². The maximum absolute atomic E-state index is 13.0. The van der Waals surface area contributed by atoms with Gasteiger partial charge >= 0.3 is 0 Å². The molecule has 2 aromatic carbocycles. The quantitative estimate of drug-likeness (QED) is 0.443. The summed E-state index contributed by atoms with van der Waals surface area (Å²) in [5.41, 5.74) is 2.05. The van der Waals surface area contributed by atoms with Crippen molar-refractivity contribution in [1.82, 2.24) is 10.2 Å². The number of halogens is 1. The van der Waals surface area contributed by atoms with Gasteiger partial charge in [0.05, 0.1) is 12.3 Å². The van der Waals surface area contributed by atoms with E-state index in [0.29, 0.717) is 22.5 Å². The van der Waals surface area contributed by atoms with Gasteiger partial charge in [-0.25, -0.2) is 8.42 Å². The van der Waals surface area contributed by atoms with Gasteiger partial charge in [0.15, 0.2) is 5.82 Å². The molecule has 3 aromatic rings. The molecule has 174 valence electrons. The lowest BCUT2D eigenvalue weighted by atomic mass is 9.99. The predicted molar refractivity (Wildman–Crippen MR) is 134 cm³/mol. The highest BCUT2D eigenvalue weighted by molar-refractivity contribution is 9.10. The minimum atomic E-state index is -3.83. The standard InChI is InChI=1S/C24H27BrN4O3S/c1-3-32-22-10-6-19(25)16-23(22)33(30,31)28-20-7-4-18(5-8-20)21-9-11-24(27-26-21)29-14-12-17(2)13-15-29/h4-11,16-17,28H,3,12-15H2,1-2H3. The molecule has 4 rings (SSSR count). The number of nitrogens with zero attached hydrogens (tertiary/aromatic N) is 3. The number of piperidine rings is 1. The van der Waals surface area contributed by atoms with Gasteiger partial charge in [-0.05, 0) is 68.1 Å². The maximum Gasteiger partial charge on any atom is 0.265 e. The zero-order valence-electron chi connectivity index (χ0n) is 18.7. The summed E-state index contributed by atoms with van der Waals surface area (Å²) in [5.74, 6) is 1.97. The molecule has 33 heavy (non-hydrogen) atoms. The van der Waals surface area contributed by atoms with Crippen LogP contribution in [0.2, 0.25) is 0 Å². The van der Waals surface area contributed by atoms with E-state index >= 15 is 0 Å². The number of hydrogen-bond donors (Lipinski definition) is 1. The van der Waals surface area contributed by atoms with Crippen molar-refractivity contribution in [3.8, 4) is 17.0 Å². The lowest BCUT2D eigenvalue weighted by Crippen LogP contribution is -2.33. The van der Waals surface area contributed by atoms with Crippen molar-refractivity contribution in [2.24, 2.45) is 5.92 Å². The Bertz CT molecular complexity index is 1190. The SMILES string of the molecule is CCOc1ccc(Br)cc1S(=O)(=O)Nc1ccc(-c2ccc(N3CCC(C)CC3)nn2)cc1. The Labute approximate surface area is 203 Å². The third-order valence-electron chi connectivity index (χ3n) is 5.69. The van der Waals surface area contributed by atoms with Crippen LogP contribution in [0.3, 0.4) is 0 Å². The molecule has 1 N–H and O–H groups in total. The molecule has 0 unspecified atom stereocenters. The van der Waals surface area contributed by atoms with Crippen LogP contribution in [0.1, 0.15) is 26.7 Å². The van der Waals surface area contributed by atoms with E-state index in [9.17, 15) is 8.42 Å². The summed E-state index contributed by atoms with van der Waals surface area (Å²) in [5, 5.41) is 8.79. The van der Waals surface area contributed by atoms with Crippen molar-refractivity contribution in [3.63, 3.8) is 0 Å². The first-order valence-corrected chi connectivity index (χ1v) is 13.3. The third-order valence-corrected chi connectivity index (χ3v) is 7.58. The molecule has 0 atom stereocenters. The molecule has 0 amide bonds. The summed E-state index contributed by atoms with van der Waals surface area (Å²) in [6.45, 7) is 6.48. The van der Waals surface area contributed by atoms with Crippen LogP contribution >= 0.6 is 15.9 Å². The number of benzene rings is 2. The van der Waals surface area contributed by atoms with Gasteiger partial charge in [-0.1, -0.05) is 35.0 Å². The van der Waals surface area contributed by atoms with Crippen LogP contribution in [-0.4, -0.2) is 38.3 Å². The van der Waals surface area contributed by atoms with E-state index in [1.807, 2.05) is 31.2 Å². The Morgan fingerprint density at radius 2 is 1.79 bits per heavy atom. The summed E-state index contributed by atoms with van der Waals surface area (Å²) in [6, 6.07) is 16.0. The molecule has 1 aliphatic heterocycles. The highest BCUT2D eigenvalue weighted by Crippen LogP contribution is 2.30. The Morgan fingerprint density at radius 3 is 2.42 bits per heavy atom. The van der Waals surface area contributed by atoms with Gasteiger partial charge in [0, 0.05) is 28.8 Å². The molecule has 1 aliphatic rings. The first-order chi connectivity index (χ1) is 15.9. The van der Waals surface area contributed by atoms with E-state index in [1.165, 1.54) is 18.9 Å². The second-order valence-electron chi connectivity index (χ2n) is 8.15. The first kappa shape index (κ1) is 23.5. The van der Waals surface area contributed by atoms with Gasteiger partial charge < -0.3 is 9.64 Å². The van der Waals surface area contributed by atoms with Crippen molar-refractivity contribution in [2.45, 2.75) is 31.6 Å². The smallest absolute Gasteiger partial charge is 0.265 e. The van der Waals surface area contributed by atoms with Crippen molar-refractivity contribution in [2.75, 3.05) is 29.3 Å². The van der Waals surface area contributed by atoms with Crippen LogP contribution in [0, 0.1) is 5.92 Å². The molecule has 1 fully saturated rings. The number of hydrogen-bond acceptors (Lipinski definition) is 6. The highest BCUT2D eigenvalue weighted by Gasteiger charge is 2.21. The van der Waals surface area contributed by atoms with Crippen LogP contribution in [0.15, 0.2) is 64.0 Å². The molecule has 0 radical (unpaired) electrons. The van der Waals surface area contributed by atoms with E-state index in [1.54, 1.807) is 24.3 Å². The van der Waals surface area contributed by atoms with Crippen LogP contribution in [0.25, 0.3) is 11.3 Å². The Balaban J connectivity index is 1.48. The molecule has 0 bridgehead atoms. The molecule has 7 nitrogen and oxygen atoms in total. The fourth-order valence-electron chi connectivity index (χ4n) is 3.77. The number of rotatable bonds is 7. The number of ether oxygens (including phenoxy) is 1. The summed E-state index contributed by atoms with van der Waals surface area (Å²) in [4.78, 5) is 2.35. The minimum Gasteiger partial charge on any atom is -0.492 e. The van der Waals surface area contributed by atoms with Gasteiger partial charge in [0.2, 0.25) is 0 Å². The number of anilines is 2. The van der Waals surface area contributed by atoms with E-state index in [4.69, 9.17) is 4.74 Å². The summed E-state index contributed by atoms with van der Waals surface area (Å²) >= 11 is 3.33. The molecule has 0 aliphatic carbocycles. The summed E-state index contributed by atoms with van der Waals surface area (Å²) in [7, 11) is -3.83. The minimum absolute atomic E-state index is 0.0800. The van der Waals surface area contributed by atoms with E-state index < -0.39 is 10.0 Å². The summed E-state index contributed by atoms with van der Waals surface area (Å²) < 4.78 is 34.7. The van der Waals surface area contributed by atoms with Crippen molar-refractivity contribution in [3.05, 3.63) is 59.1 Å². The second kappa shape index (κ2) is 10.1. The average molecular weight is 531 g/mol. The lowest BCUT2D eigenvalue weighted by molar-refractivity contribution is 0.331. The van der Waals surface area contributed by atoms with Crippen molar-refractivity contribution >= 4 is 37.5 Å². The normalized spacial score (nSPS) is 14.8. The average Bonchev–Trinajstić information content (AvgIpc) is 2.81. The van der Waals surface area contributed by atoms with Crippen LogP contribution in [-0.2, 0) is 10.0 Å². The summed E-state index contributed by atoms with van der Waals surface area (Å²) in [6.07, 6.45) is 2.35. The van der Waals surface area contributed by atoms with Gasteiger partial charge in [-0.2, -0.15) is 0 Å². The van der Waals surface area contributed by atoms with E-state index in [2.05, 4.69) is 42.7 Å². The highest BCUT2D eigenvalue weighted by atomic mass is 79.9. The molecule has 1 aromatic heterocycles. The van der Waals surface area contributed by atoms with Crippen LogP contribution < -0.4 is 14.4 Å². The number of sulfonamides is 1. The number of nitrogens with one attached hydrogen (secondary N) is 1. The molecule has 9 heteroatoms. The zero-order valence-corrected chi connectivity index (χ0v) is 21.1. The Kier molecular flexibility index (Phi) is 7.19. The maximum atomic E-state index is 13.0. The van der Waals surface area contributed by atoms with Crippen molar-refractivity contribution < 1.29 is 13.2 Å². The lowest BCUT2D eigenvalue weighted by Gasteiger charge is -2.30. The zero-order chi connectivity index (χ0) is 23.4. The first-order valence-electron chi connectivity index (χ1n) is 11.0. The predicted octanol–water partition coefficient (Wildman–Crippen LogP) is 5.34. The molecule has 2 heterocycles. The van der Waals surface area contributed by atoms with Gasteiger partial charge in [-0.15, -0.1) is 10.2 Å². The number of aromatic nitrogens is 2. The topological polar surface area (TPSA) is 84.4 Å². The van der Waals surface area contributed by atoms with Crippen molar-refractivity contribution in [1.29, 1.82) is 0 Å². The Morgan fingerprint density at radius 1 is 1.06 bits per heavy atom.